The van der Waals surface area contributed by atoms with E-state index in [1.807, 2.05) is 6.07 Å². The van der Waals surface area contributed by atoms with Crippen molar-refractivity contribution < 1.29 is 9.53 Å². The van der Waals surface area contributed by atoms with E-state index in [0.717, 1.165) is 10.7 Å². The lowest BCUT2D eigenvalue weighted by molar-refractivity contribution is -0.139. The van der Waals surface area contributed by atoms with Crippen molar-refractivity contribution in [2.24, 2.45) is 0 Å². The van der Waals surface area contributed by atoms with Gasteiger partial charge in [0.1, 0.15) is 11.4 Å². The molecule has 0 spiro atoms. The lowest BCUT2D eigenvalue weighted by Crippen LogP contribution is -2.14. The highest BCUT2D eigenvalue weighted by Crippen LogP contribution is 2.23. The van der Waals surface area contributed by atoms with Crippen molar-refractivity contribution in [3.63, 3.8) is 0 Å². The number of aromatic nitrogens is 2. The second kappa shape index (κ2) is 6.00. The molecule has 1 rings (SSSR count). The topological polar surface area (TPSA) is 52.1 Å². The van der Waals surface area contributed by atoms with E-state index >= 15 is 0 Å². The molecule has 0 aromatic carbocycles. The number of carbonyl (C=O) groups is 1. The molecule has 1 aromatic rings. The number of carbonyl (C=O) groups excluding carboxylic acids is 1. The fourth-order valence-electron chi connectivity index (χ4n) is 1.16. The van der Waals surface area contributed by atoms with Crippen LogP contribution in [0.15, 0.2) is 17.4 Å². The van der Waals surface area contributed by atoms with Crippen LogP contribution in [-0.2, 0) is 14.9 Å². The van der Waals surface area contributed by atoms with Gasteiger partial charge in [-0.2, -0.15) is 0 Å². The average Bonchev–Trinajstić information content (AvgIpc) is 2.26. The van der Waals surface area contributed by atoms with Crippen LogP contribution in [0.25, 0.3) is 0 Å². The molecule has 17 heavy (non-hydrogen) atoms. The van der Waals surface area contributed by atoms with Crippen molar-refractivity contribution in [3.8, 4) is 0 Å². The van der Waals surface area contributed by atoms with E-state index in [1.165, 1.54) is 18.1 Å². The van der Waals surface area contributed by atoms with Gasteiger partial charge in [-0.05, 0) is 13.0 Å². The number of nitrogens with zero attached hydrogens (tertiary/aromatic N) is 2. The fraction of sp³-hybridized carbons (Fsp3) is 0.583. The molecule has 0 atom stereocenters. The smallest absolute Gasteiger partial charge is 0.316 e. The predicted octanol–water partition coefficient (Wildman–Crippen LogP) is 2.43. The third kappa shape index (κ3) is 4.73. The van der Waals surface area contributed by atoms with Crippen LogP contribution in [-0.4, -0.2) is 28.3 Å². The van der Waals surface area contributed by atoms with Crippen molar-refractivity contribution in [1.82, 2.24) is 9.97 Å². The molecular formula is C12H18N2O2S. The fourth-order valence-corrected chi connectivity index (χ4v) is 1.83. The Morgan fingerprint density at radius 2 is 2.12 bits per heavy atom. The van der Waals surface area contributed by atoms with E-state index in [-0.39, 0.29) is 17.1 Å². The van der Waals surface area contributed by atoms with E-state index in [9.17, 15) is 4.79 Å². The Kier molecular flexibility index (Phi) is 4.93. The van der Waals surface area contributed by atoms with E-state index in [4.69, 9.17) is 4.74 Å². The monoisotopic (exact) mass is 254 g/mol. The molecule has 0 fully saturated rings. The number of hydrogen-bond donors (Lipinski definition) is 0. The highest BCUT2D eigenvalue weighted by atomic mass is 32.2. The van der Waals surface area contributed by atoms with Gasteiger partial charge in [-0.1, -0.05) is 32.5 Å². The molecule has 0 aliphatic rings. The number of esters is 1. The van der Waals surface area contributed by atoms with Crippen LogP contribution in [0.2, 0.25) is 0 Å². The minimum absolute atomic E-state index is 0.0117. The zero-order valence-corrected chi connectivity index (χ0v) is 11.5. The van der Waals surface area contributed by atoms with E-state index in [2.05, 4.69) is 30.7 Å². The number of thioether (sulfide) groups is 1. The van der Waals surface area contributed by atoms with Crippen LogP contribution in [0.1, 0.15) is 33.4 Å². The first kappa shape index (κ1) is 14.0. The molecule has 0 aliphatic heterocycles. The Balaban J connectivity index is 2.64. The van der Waals surface area contributed by atoms with Gasteiger partial charge in [-0.3, -0.25) is 4.79 Å². The average molecular weight is 254 g/mol. The Bertz CT molecular complexity index is 388. The molecule has 0 bridgehead atoms. The molecule has 94 valence electrons. The van der Waals surface area contributed by atoms with Gasteiger partial charge in [0.05, 0.1) is 18.1 Å². The Labute approximate surface area is 106 Å². The number of hydrogen-bond acceptors (Lipinski definition) is 5. The molecule has 0 unspecified atom stereocenters. The molecule has 5 heteroatoms. The molecular weight excluding hydrogens is 236 g/mol. The highest BCUT2D eigenvalue weighted by molar-refractivity contribution is 7.99. The molecule has 0 amide bonds. The van der Waals surface area contributed by atoms with Gasteiger partial charge in [0, 0.05) is 5.41 Å². The van der Waals surface area contributed by atoms with Crippen LogP contribution in [0.4, 0.5) is 0 Å². The largest absolute Gasteiger partial charge is 0.465 e. The van der Waals surface area contributed by atoms with Gasteiger partial charge in [-0.25, -0.2) is 9.97 Å². The number of ether oxygens (including phenoxy) is 1. The Morgan fingerprint density at radius 1 is 1.41 bits per heavy atom. The summed E-state index contributed by atoms with van der Waals surface area (Å²) in [5, 5.41) is 0.804. The van der Waals surface area contributed by atoms with Gasteiger partial charge in [0.15, 0.2) is 0 Å². The van der Waals surface area contributed by atoms with E-state index < -0.39 is 0 Å². The lowest BCUT2D eigenvalue weighted by atomic mass is 9.92. The van der Waals surface area contributed by atoms with Crippen LogP contribution in [0.5, 0.6) is 0 Å². The Morgan fingerprint density at radius 3 is 2.71 bits per heavy atom. The normalized spacial score (nSPS) is 11.3. The quantitative estimate of drug-likeness (QED) is 0.469. The minimum Gasteiger partial charge on any atom is -0.465 e. The molecule has 1 aromatic heterocycles. The summed E-state index contributed by atoms with van der Waals surface area (Å²) in [7, 11) is 0. The maximum Gasteiger partial charge on any atom is 0.316 e. The molecule has 0 aliphatic carbocycles. The molecule has 4 nitrogen and oxygen atoms in total. The number of rotatable bonds is 4. The second-order valence-electron chi connectivity index (χ2n) is 4.59. The minimum atomic E-state index is -0.214. The van der Waals surface area contributed by atoms with Gasteiger partial charge >= 0.3 is 5.97 Å². The van der Waals surface area contributed by atoms with Gasteiger partial charge in [-0.15, -0.1) is 0 Å². The van der Waals surface area contributed by atoms with Crippen molar-refractivity contribution in [1.29, 1.82) is 0 Å². The van der Waals surface area contributed by atoms with Crippen molar-refractivity contribution >= 4 is 17.7 Å². The molecule has 0 saturated carbocycles. The summed E-state index contributed by atoms with van der Waals surface area (Å²) in [5.74, 6) is 0.0717. The molecule has 1 heterocycles. The van der Waals surface area contributed by atoms with Crippen LogP contribution < -0.4 is 0 Å². The summed E-state index contributed by atoms with van der Waals surface area (Å²) >= 11 is 1.37. The van der Waals surface area contributed by atoms with Crippen LogP contribution in [0, 0.1) is 0 Å². The zero-order chi connectivity index (χ0) is 12.9. The summed E-state index contributed by atoms with van der Waals surface area (Å²) < 4.78 is 4.86. The SMILES string of the molecule is CCOC(=O)CSc1cc(C(C)(C)C)ncn1. The maximum absolute atomic E-state index is 11.2. The maximum atomic E-state index is 11.2. The van der Waals surface area contributed by atoms with Crippen LogP contribution >= 0.6 is 11.8 Å². The van der Waals surface area contributed by atoms with Crippen molar-refractivity contribution in [2.45, 2.75) is 38.1 Å². The summed E-state index contributed by atoms with van der Waals surface area (Å²) in [6.45, 7) is 8.49. The first-order valence-corrected chi connectivity index (χ1v) is 6.53. The summed E-state index contributed by atoms with van der Waals surface area (Å²) in [5.41, 5.74) is 0.959. The second-order valence-corrected chi connectivity index (χ2v) is 5.58. The third-order valence-corrected chi connectivity index (χ3v) is 2.95. The van der Waals surface area contributed by atoms with E-state index in [1.54, 1.807) is 6.92 Å². The van der Waals surface area contributed by atoms with Crippen molar-refractivity contribution in [2.75, 3.05) is 12.4 Å². The third-order valence-electron chi connectivity index (χ3n) is 2.05. The lowest BCUT2D eigenvalue weighted by Gasteiger charge is -2.17. The van der Waals surface area contributed by atoms with E-state index in [0.29, 0.717) is 6.61 Å². The highest BCUT2D eigenvalue weighted by Gasteiger charge is 2.16. The standard InChI is InChI=1S/C12H18N2O2S/c1-5-16-11(15)7-17-10-6-9(12(2,3)4)13-8-14-10/h6,8H,5,7H2,1-4H3. The summed E-state index contributed by atoms with van der Waals surface area (Å²) in [4.78, 5) is 19.6. The first-order valence-electron chi connectivity index (χ1n) is 5.54. The van der Waals surface area contributed by atoms with Gasteiger partial charge in [0.2, 0.25) is 0 Å². The van der Waals surface area contributed by atoms with Gasteiger partial charge in [0.25, 0.3) is 0 Å². The molecule has 0 N–H and O–H groups in total. The van der Waals surface area contributed by atoms with Gasteiger partial charge < -0.3 is 4.74 Å². The predicted molar refractivity (Wildman–Crippen MR) is 68.1 cm³/mol. The van der Waals surface area contributed by atoms with Crippen LogP contribution in [0.3, 0.4) is 0 Å². The molecule has 0 radical (unpaired) electrons. The Hall–Kier alpha value is -1.10. The van der Waals surface area contributed by atoms with Crippen molar-refractivity contribution in [3.05, 3.63) is 18.1 Å². The molecule has 0 saturated heterocycles. The zero-order valence-electron chi connectivity index (χ0n) is 10.7. The summed E-state index contributed by atoms with van der Waals surface area (Å²) in [6.07, 6.45) is 1.54. The summed E-state index contributed by atoms with van der Waals surface area (Å²) in [6, 6.07) is 1.92. The first-order chi connectivity index (χ1) is 7.93.